The van der Waals surface area contributed by atoms with Crippen molar-refractivity contribution < 1.29 is 0 Å². The summed E-state index contributed by atoms with van der Waals surface area (Å²) < 4.78 is 0. The first kappa shape index (κ1) is 15.8. The summed E-state index contributed by atoms with van der Waals surface area (Å²) in [6.45, 7) is 0.878. The van der Waals surface area contributed by atoms with Crippen LogP contribution in [0, 0.1) is 17.4 Å². The maximum absolute atomic E-state index is 9.60. The van der Waals surface area contributed by atoms with Crippen LogP contribution in [0.25, 0.3) is 6.08 Å². The smallest absolute Gasteiger partial charge is 0.179 e. The van der Waals surface area contributed by atoms with Crippen molar-refractivity contribution in [3.63, 3.8) is 0 Å². The van der Waals surface area contributed by atoms with Gasteiger partial charge >= 0.3 is 0 Å². The van der Waals surface area contributed by atoms with E-state index < -0.39 is 0 Å². The summed E-state index contributed by atoms with van der Waals surface area (Å²) in [4.78, 5) is 3.25. The zero-order valence-electron chi connectivity index (χ0n) is 13.3. The van der Waals surface area contributed by atoms with Crippen molar-refractivity contribution in [3.05, 3.63) is 64.4 Å². The molecule has 3 heteroatoms. The van der Waals surface area contributed by atoms with Crippen molar-refractivity contribution in [3.8, 4) is 6.19 Å². The molecule has 1 unspecified atom stereocenters. The van der Waals surface area contributed by atoms with Crippen molar-refractivity contribution in [2.45, 2.75) is 31.7 Å². The topological polar surface area (TPSA) is 27.0 Å². The third-order valence-electron chi connectivity index (χ3n) is 4.32. The predicted molar refractivity (Wildman–Crippen MR) is 96.8 cm³/mol. The van der Waals surface area contributed by atoms with E-state index in [1.165, 1.54) is 23.3 Å². The van der Waals surface area contributed by atoms with E-state index in [2.05, 4.69) is 48.0 Å². The maximum atomic E-state index is 9.60. The Labute approximate surface area is 142 Å². The van der Waals surface area contributed by atoms with E-state index in [1.807, 2.05) is 23.1 Å². The van der Waals surface area contributed by atoms with Gasteiger partial charge in [-0.1, -0.05) is 61.4 Å². The van der Waals surface area contributed by atoms with E-state index in [1.54, 1.807) is 11.3 Å². The molecule has 1 heterocycles. The Morgan fingerprint density at radius 2 is 2.04 bits per heavy atom. The van der Waals surface area contributed by atoms with Crippen molar-refractivity contribution in [2.24, 2.45) is 5.92 Å². The predicted octanol–water partition coefficient (Wildman–Crippen LogP) is 5.48. The molecule has 2 nitrogen and oxygen atoms in total. The molecule has 1 saturated carbocycles. The summed E-state index contributed by atoms with van der Waals surface area (Å²) in [5.41, 5.74) is 1.21. The van der Waals surface area contributed by atoms with Gasteiger partial charge in [0.2, 0.25) is 0 Å². The highest BCUT2D eigenvalue weighted by Crippen LogP contribution is 2.34. The van der Waals surface area contributed by atoms with E-state index in [0.29, 0.717) is 0 Å². The second-order valence-corrected chi connectivity index (χ2v) is 7.08. The Morgan fingerprint density at radius 3 is 2.70 bits per heavy atom. The lowest BCUT2D eigenvalue weighted by Gasteiger charge is -2.25. The van der Waals surface area contributed by atoms with Crippen molar-refractivity contribution in [2.75, 3.05) is 6.54 Å². The largest absolute Gasteiger partial charge is 0.302 e. The van der Waals surface area contributed by atoms with Crippen LogP contribution in [0.2, 0.25) is 0 Å². The molecule has 1 fully saturated rings. The summed E-state index contributed by atoms with van der Waals surface area (Å²) in [5.74, 6) is 0.856. The standard InChI is InChI=1S/C20H22N2S/c21-16-22(14-13-18-11-12-18)19(20-10-5-15-23-20)9-4-8-17-6-2-1-3-7-17/h1-8,10,15,18-19H,9,11-14H2/b8-4+. The van der Waals surface area contributed by atoms with Gasteiger partial charge in [0.25, 0.3) is 0 Å². The first-order valence-electron chi connectivity index (χ1n) is 8.28. The van der Waals surface area contributed by atoms with Crippen LogP contribution in [0.1, 0.15) is 42.2 Å². The SMILES string of the molecule is N#CN(CCC1CC1)C(C/C=C/c1ccccc1)c1cccs1. The van der Waals surface area contributed by atoms with Crippen LogP contribution in [0.3, 0.4) is 0 Å². The molecule has 3 rings (SSSR count). The van der Waals surface area contributed by atoms with E-state index in [9.17, 15) is 5.26 Å². The molecular formula is C20H22N2S. The van der Waals surface area contributed by atoms with E-state index >= 15 is 0 Å². The minimum absolute atomic E-state index is 0.165. The third kappa shape index (κ3) is 4.71. The van der Waals surface area contributed by atoms with Gasteiger partial charge in [0.15, 0.2) is 6.19 Å². The van der Waals surface area contributed by atoms with Gasteiger partial charge in [-0.05, 0) is 35.8 Å². The highest BCUT2D eigenvalue weighted by Gasteiger charge is 2.25. The molecule has 0 saturated heterocycles. The molecule has 2 aromatic rings. The monoisotopic (exact) mass is 322 g/mol. The van der Waals surface area contributed by atoms with Gasteiger partial charge in [-0.3, -0.25) is 0 Å². The average Bonchev–Trinajstić information content (AvgIpc) is 3.26. The van der Waals surface area contributed by atoms with Crippen LogP contribution in [0.4, 0.5) is 0 Å². The number of benzene rings is 1. The van der Waals surface area contributed by atoms with Gasteiger partial charge in [-0.2, -0.15) is 5.26 Å². The fraction of sp³-hybridized carbons (Fsp3) is 0.350. The normalized spacial score (nSPS) is 15.4. The average molecular weight is 322 g/mol. The van der Waals surface area contributed by atoms with E-state index in [4.69, 9.17) is 0 Å². The lowest BCUT2D eigenvalue weighted by atomic mass is 10.1. The number of nitriles is 1. The molecule has 1 atom stereocenters. The maximum Gasteiger partial charge on any atom is 0.179 e. The highest BCUT2D eigenvalue weighted by atomic mass is 32.1. The Morgan fingerprint density at radius 1 is 1.22 bits per heavy atom. The molecule has 1 aliphatic rings. The summed E-state index contributed by atoms with van der Waals surface area (Å²) in [6.07, 6.45) is 11.5. The summed E-state index contributed by atoms with van der Waals surface area (Å²) in [6, 6.07) is 14.7. The van der Waals surface area contributed by atoms with Crippen LogP contribution in [0.5, 0.6) is 0 Å². The lowest BCUT2D eigenvalue weighted by molar-refractivity contribution is 0.289. The van der Waals surface area contributed by atoms with Gasteiger partial charge < -0.3 is 4.90 Å². The molecule has 0 bridgehead atoms. The van der Waals surface area contributed by atoms with Gasteiger partial charge in [-0.25, -0.2) is 0 Å². The summed E-state index contributed by atoms with van der Waals surface area (Å²) in [7, 11) is 0. The molecule has 0 aliphatic heterocycles. The van der Waals surface area contributed by atoms with E-state index in [-0.39, 0.29) is 6.04 Å². The molecule has 118 valence electrons. The molecule has 0 radical (unpaired) electrons. The van der Waals surface area contributed by atoms with Crippen LogP contribution in [-0.2, 0) is 0 Å². The minimum atomic E-state index is 0.165. The zero-order valence-corrected chi connectivity index (χ0v) is 14.1. The first-order valence-corrected chi connectivity index (χ1v) is 9.16. The molecule has 0 amide bonds. The van der Waals surface area contributed by atoms with Crippen LogP contribution in [0.15, 0.2) is 53.9 Å². The molecule has 0 spiro atoms. The number of hydrogen-bond donors (Lipinski definition) is 0. The third-order valence-corrected chi connectivity index (χ3v) is 5.29. The van der Waals surface area contributed by atoms with Gasteiger partial charge in [0, 0.05) is 11.4 Å². The lowest BCUT2D eigenvalue weighted by Crippen LogP contribution is -2.24. The first-order chi connectivity index (χ1) is 11.4. The molecule has 23 heavy (non-hydrogen) atoms. The Balaban J connectivity index is 1.67. The number of nitrogens with zero attached hydrogens (tertiary/aromatic N) is 2. The second-order valence-electron chi connectivity index (χ2n) is 6.11. The zero-order chi connectivity index (χ0) is 15.9. The van der Waals surface area contributed by atoms with Crippen molar-refractivity contribution >= 4 is 17.4 Å². The number of rotatable bonds is 8. The Kier molecular flexibility index (Phi) is 5.50. The highest BCUT2D eigenvalue weighted by molar-refractivity contribution is 7.10. The van der Waals surface area contributed by atoms with Gasteiger partial charge in [-0.15, -0.1) is 11.3 Å². The van der Waals surface area contributed by atoms with Crippen LogP contribution >= 0.6 is 11.3 Å². The second kappa shape index (κ2) is 7.99. The molecular weight excluding hydrogens is 300 g/mol. The van der Waals surface area contributed by atoms with Crippen molar-refractivity contribution in [1.29, 1.82) is 5.26 Å². The van der Waals surface area contributed by atoms with E-state index in [0.717, 1.165) is 25.3 Å². The van der Waals surface area contributed by atoms with Crippen LogP contribution in [-0.4, -0.2) is 11.4 Å². The molecule has 1 aromatic heterocycles. The summed E-state index contributed by atoms with van der Waals surface area (Å²) in [5, 5.41) is 11.7. The Hall–Kier alpha value is -2.05. The molecule has 0 N–H and O–H groups in total. The molecule has 1 aromatic carbocycles. The van der Waals surface area contributed by atoms with Gasteiger partial charge in [0.1, 0.15) is 0 Å². The molecule has 1 aliphatic carbocycles. The van der Waals surface area contributed by atoms with Gasteiger partial charge in [0.05, 0.1) is 6.04 Å². The number of hydrogen-bond acceptors (Lipinski definition) is 3. The quantitative estimate of drug-likeness (QED) is 0.475. The number of thiophene rings is 1. The Bertz CT molecular complexity index is 651. The van der Waals surface area contributed by atoms with Crippen LogP contribution < -0.4 is 0 Å². The minimum Gasteiger partial charge on any atom is -0.302 e. The van der Waals surface area contributed by atoms with Crippen molar-refractivity contribution in [1.82, 2.24) is 4.90 Å². The summed E-state index contributed by atoms with van der Waals surface area (Å²) >= 11 is 1.74. The fourth-order valence-corrected chi connectivity index (χ4v) is 3.63. The fourth-order valence-electron chi connectivity index (χ4n) is 2.78.